The molecule has 0 heterocycles. The van der Waals surface area contributed by atoms with E-state index in [1.165, 1.54) is 19.2 Å². The predicted octanol–water partition coefficient (Wildman–Crippen LogP) is 1.63. The van der Waals surface area contributed by atoms with Crippen LogP contribution in [0.1, 0.15) is 18.5 Å². The van der Waals surface area contributed by atoms with E-state index in [4.69, 9.17) is 21.1 Å². The summed E-state index contributed by atoms with van der Waals surface area (Å²) in [6, 6.07) is 3.33. The molecule has 1 aromatic rings. The van der Waals surface area contributed by atoms with Crippen LogP contribution < -0.4 is 10.1 Å². The maximum atomic E-state index is 11.5. The van der Waals surface area contributed by atoms with E-state index >= 15 is 0 Å². The van der Waals surface area contributed by atoms with Crippen molar-refractivity contribution in [2.45, 2.75) is 13.0 Å². The number of rotatable bonds is 7. The Balaban J connectivity index is 2.88. The van der Waals surface area contributed by atoms with Crippen LogP contribution in [0.2, 0.25) is 5.02 Å². The molecule has 0 aliphatic carbocycles. The summed E-state index contributed by atoms with van der Waals surface area (Å²) >= 11 is 5.94. The number of halogens is 1. The molecule has 0 aliphatic heterocycles. The maximum Gasteiger partial charge on any atom is 0.330 e. The highest BCUT2D eigenvalue weighted by atomic mass is 35.5. The first-order chi connectivity index (χ1) is 9.49. The Morgan fingerprint density at radius 1 is 1.45 bits per heavy atom. The summed E-state index contributed by atoms with van der Waals surface area (Å²) in [5, 5.41) is 11.8. The van der Waals surface area contributed by atoms with Gasteiger partial charge in [0, 0.05) is 6.61 Å². The van der Waals surface area contributed by atoms with Gasteiger partial charge < -0.3 is 19.9 Å². The zero-order chi connectivity index (χ0) is 15.1. The number of amides is 1. The van der Waals surface area contributed by atoms with Crippen molar-refractivity contribution in [2.24, 2.45) is 0 Å². The first-order valence-corrected chi connectivity index (χ1v) is 6.30. The van der Waals surface area contributed by atoms with Gasteiger partial charge in [-0.15, -0.1) is 0 Å². The van der Waals surface area contributed by atoms with Gasteiger partial charge in [0.25, 0.3) is 0 Å². The topological polar surface area (TPSA) is 84.9 Å². The fraction of sp³-hybridized carbons (Fsp3) is 0.385. The molecule has 1 amide bonds. The highest BCUT2D eigenvalue weighted by Crippen LogP contribution is 2.27. The van der Waals surface area contributed by atoms with E-state index in [9.17, 15) is 14.7 Å². The van der Waals surface area contributed by atoms with Crippen LogP contribution in [0, 0.1) is 0 Å². The minimum atomic E-state index is -1.19. The van der Waals surface area contributed by atoms with Crippen LogP contribution in [-0.2, 0) is 14.3 Å². The van der Waals surface area contributed by atoms with E-state index in [0.717, 1.165) is 0 Å². The van der Waals surface area contributed by atoms with Crippen molar-refractivity contribution in [3.05, 3.63) is 28.8 Å². The van der Waals surface area contributed by atoms with Crippen LogP contribution in [0.3, 0.4) is 0 Å². The summed E-state index contributed by atoms with van der Waals surface area (Å²) in [6.07, 6.45) is 0. The minimum Gasteiger partial charge on any atom is -0.495 e. The highest BCUT2D eigenvalue weighted by Gasteiger charge is 2.22. The SMILES string of the molecule is CCOCC(=O)NC(C(=O)O)c1ccc(OC)c(Cl)c1. The van der Waals surface area contributed by atoms with E-state index in [1.54, 1.807) is 13.0 Å². The monoisotopic (exact) mass is 301 g/mol. The van der Waals surface area contributed by atoms with E-state index in [-0.39, 0.29) is 11.6 Å². The Morgan fingerprint density at radius 3 is 2.65 bits per heavy atom. The van der Waals surface area contributed by atoms with E-state index in [1.807, 2.05) is 0 Å². The molecule has 0 bridgehead atoms. The third kappa shape index (κ3) is 4.40. The lowest BCUT2D eigenvalue weighted by atomic mass is 10.1. The lowest BCUT2D eigenvalue weighted by Crippen LogP contribution is -2.36. The number of nitrogens with one attached hydrogen (secondary N) is 1. The molecule has 0 aromatic heterocycles. The lowest BCUT2D eigenvalue weighted by Gasteiger charge is -2.16. The molecule has 7 heteroatoms. The van der Waals surface area contributed by atoms with E-state index in [0.29, 0.717) is 17.9 Å². The number of hydrogen-bond donors (Lipinski definition) is 2. The van der Waals surface area contributed by atoms with Gasteiger partial charge in [-0.2, -0.15) is 0 Å². The third-order valence-electron chi connectivity index (χ3n) is 2.50. The largest absolute Gasteiger partial charge is 0.495 e. The Morgan fingerprint density at radius 2 is 2.15 bits per heavy atom. The van der Waals surface area contributed by atoms with Gasteiger partial charge in [0.15, 0.2) is 6.04 Å². The fourth-order valence-electron chi connectivity index (χ4n) is 1.55. The molecule has 0 spiro atoms. The minimum absolute atomic E-state index is 0.190. The maximum absolute atomic E-state index is 11.5. The average molecular weight is 302 g/mol. The van der Waals surface area contributed by atoms with Crippen molar-refractivity contribution >= 4 is 23.5 Å². The number of carboxylic acid groups (broad SMARTS) is 1. The molecule has 1 unspecified atom stereocenters. The van der Waals surface area contributed by atoms with Gasteiger partial charge in [-0.1, -0.05) is 17.7 Å². The Kier molecular flexibility index (Phi) is 6.27. The van der Waals surface area contributed by atoms with Crippen LogP contribution in [0.15, 0.2) is 18.2 Å². The first-order valence-electron chi connectivity index (χ1n) is 5.93. The highest BCUT2D eigenvalue weighted by molar-refractivity contribution is 6.32. The van der Waals surface area contributed by atoms with Gasteiger partial charge in [0.1, 0.15) is 12.4 Å². The molecule has 0 aliphatic rings. The van der Waals surface area contributed by atoms with Crippen LogP contribution >= 0.6 is 11.6 Å². The molecule has 0 fully saturated rings. The van der Waals surface area contributed by atoms with Crippen molar-refractivity contribution in [1.82, 2.24) is 5.32 Å². The molecule has 0 saturated heterocycles. The van der Waals surface area contributed by atoms with E-state index < -0.39 is 17.9 Å². The van der Waals surface area contributed by atoms with Gasteiger partial charge in [-0.05, 0) is 24.6 Å². The van der Waals surface area contributed by atoms with E-state index in [2.05, 4.69) is 5.32 Å². The van der Waals surface area contributed by atoms with Crippen LogP contribution in [0.5, 0.6) is 5.75 Å². The standard InChI is InChI=1S/C13H16ClNO5/c1-3-20-7-11(16)15-12(13(17)18)8-4-5-10(19-2)9(14)6-8/h4-6,12H,3,7H2,1-2H3,(H,15,16)(H,17,18). The molecule has 1 atom stereocenters. The number of carbonyl (C=O) groups excluding carboxylic acids is 1. The smallest absolute Gasteiger partial charge is 0.330 e. The summed E-state index contributed by atoms with van der Waals surface area (Å²) in [5.74, 6) is -1.26. The quantitative estimate of drug-likeness (QED) is 0.799. The van der Waals surface area contributed by atoms with Crippen LogP contribution in [0.25, 0.3) is 0 Å². The zero-order valence-corrected chi connectivity index (χ0v) is 11.9. The molecule has 0 radical (unpaired) electrons. The summed E-state index contributed by atoms with van der Waals surface area (Å²) in [4.78, 5) is 22.8. The molecule has 6 nitrogen and oxygen atoms in total. The third-order valence-corrected chi connectivity index (χ3v) is 2.79. The predicted molar refractivity (Wildman–Crippen MR) is 73.0 cm³/mol. The van der Waals surface area contributed by atoms with Crippen molar-refractivity contribution in [3.63, 3.8) is 0 Å². The zero-order valence-electron chi connectivity index (χ0n) is 11.2. The fourth-order valence-corrected chi connectivity index (χ4v) is 1.81. The van der Waals surface area contributed by atoms with Crippen LogP contribution in [0.4, 0.5) is 0 Å². The molecular formula is C13H16ClNO5. The normalized spacial score (nSPS) is 11.8. The summed E-state index contributed by atoms with van der Waals surface area (Å²) in [5.41, 5.74) is 0.355. The Bertz CT molecular complexity index is 492. The molecular weight excluding hydrogens is 286 g/mol. The van der Waals surface area contributed by atoms with Crippen molar-refractivity contribution in [3.8, 4) is 5.75 Å². The van der Waals surface area contributed by atoms with Crippen LogP contribution in [-0.4, -0.2) is 37.3 Å². The molecule has 110 valence electrons. The second kappa shape index (κ2) is 7.72. The van der Waals surface area contributed by atoms with Gasteiger partial charge in [-0.25, -0.2) is 4.79 Å². The molecule has 20 heavy (non-hydrogen) atoms. The second-order valence-electron chi connectivity index (χ2n) is 3.87. The number of carbonyl (C=O) groups is 2. The van der Waals surface area contributed by atoms with Gasteiger partial charge in [0.05, 0.1) is 12.1 Å². The Hall–Kier alpha value is -1.79. The molecule has 1 aromatic carbocycles. The van der Waals surface area contributed by atoms with Gasteiger partial charge >= 0.3 is 5.97 Å². The van der Waals surface area contributed by atoms with Gasteiger partial charge in [-0.3, -0.25) is 4.79 Å². The Labute approximate surface area is 121 Å². The number of methoxy groups -OCH3 is 1. The number of hydrogen-bond acceptors (Lipinski definition) is 4. The summed E-state index contributed by atoms with van der Waals surface area (Å²) in [6.45, 7) is 1.93. The second-order valence-corrected chi connectivity index (χ2v) is 4.28. The number of ether oxygens (including phenoxy) is 2. The lowest BCUT2D eigenvalue weighted by molar-refractivity contribution is -0.142. The first kappa shape index (κ1) is 16.3. The number of carboxylic acids is 1. The average Bonchev–Trinajstić information content (AvgIpc) is 2.42. The van der Waals surface area contributed by atoms with Crippen molar-refractivity contribution in [2.75, 3.05) is 20.3 Å². The van der Waals surface area contributed by atoms with Crippen molar-refractivity contribution < 1.29 is 24.2 Å². The molecule has 1 rings (SSSR count). The summed E-state index contributed by atoms with van der Waals surface area (Å²) in [7, 11) is 1.46. The van der Waals surface area contributed by atoms with Gasteiger partial charge in [0.2, 0.25) is 5.91 Å². The molecule has 2 N–H and O–H groups in total. The number of benzene rings is 1. The van der Waals surface area contributed by atoms with Crippen molar-refractivity contribution in [1.29, 1.82) is 0 Å². The summed E-state index contributed by atoms with van der Waals surface area (Å²) < 4.78 is 9.91. The molecule has 0 saturated carbocycles. The number of aliphatic carboxylic acids is 1.